The molecule has 2 heterocycles. The lowest BCUT2D eigenvalue weighted by molar-refractivity contribution is -0.160. The van der Waals surface area contributed by atoms with Gasteiger partial charge in [0.25, 0.3) is 5.91 Å². The first kappa shape index (κ1) is 18.2. The fourth-order valence-corrected chi connectivity index (χ4v) is 4.69. The van der Waals surface area contributed by atoms with E-state index in [1.54, 1.807) is 7.11 Å². The van der Waals surface area contributed by atoms with Gasteiger partial charge in [-0.05, 0) is 42.7 Å². The first-order valence-corrected chi connectivity index (χ1v) is 10.2. The van der Waals surface area contributed by atoms with Crippen molar-refractivity contribution >= 4 is 5.91 Å². The number of aromatic nitrogens is 2. The Morgan fingerprint density at radius 2 is 1.81 bits per heavy atom. The van der Waals surface area contributed by atoms with E-state index in [0.717, 1.165) is 57.2 Å². The largest absolute Gasteiger partial charge is 0.368 e. The molecule has 0 atom stereocenters. The topological polar surface area (TPSA) is 58.2 Å². The first-order valence-electron chi connectivity index (χ1n) is 10.2. The predicted octanol–water partition coefficient (Wildman–Crippen LogP) is 4.13. The zero-order valence-corrected chi connectivity index (χ0v) is 16.1. The third-order valence-corrected chi connectivity index (χ3v) is 6.44. The molecular formula is C22H29N3O2. The summed E-state index contributed by atoms with van der Waals surface area (Å²) in [6.45, 7) is 1.66. The highest BCUT2D eigenvalue weighted by Gasteiger charge is 2.43. The molecule has 0 unspecified atom stereocenters. The molecule has 144 valence electrons. The van der Waals surface area contributed by atoms with Crippen LogP contribution in [0.1, 0.15) is 56.4 Å². The molecule has 2 aromatic rings. The third kappa shape index (κ3) is 3.65. The lowest BCUT2D eigenvalue weighted by atomic mass is 9.82. The van der Waals surface area contributed by atoms with E-state index in [2.05, 4.69) is 34.5 Å². The predicted molar refractivity (Wildman–Crippen MR) is 105 cm³/mol. The molecule has 0 radical (unpaired) electrons. The van der Waals surface area contributed by atoms with Gasteiger partial charge in [0.05, 0.1) is 6.20 Å². The van der Waals surface area contributed by atoms with Crippen molar-refractivity contribution < 1.29 is 9.53 Å². The lowest BCUT2D eigenvalue weighted by Gasteiger charge is -2.41. The smallest absolute Gasteiger partial charge is 0.254 e. The van der Waals surface area contributed by atoms with Crippen LogP contribution < -0.4 is 0 Å². The number of nitrogens with zero attached hydrogens (tertiary/aromatic N) is 2. The Morgan fingerprint density at radius 1 is 1.11 bits per heavy atom. The van der Waals surface area contributed by atoms with E-state index in [-0.39, 0.29) is 5.91 Å². The molecule has 5 heteroatoms. The van der Waals surface area contributed by atoms with Gasteiger partial charge in [-0.25, -0.2) is 0 Å². The Morgan fingerprint density at radius 3 is 2.41 bits per heavy atom. The Balaban J connectivity index is 1.38. The number of methoxy groups -OCH3 is 1. The SMILES string of the molecule is COC1(C(=O)N2CCC(c3ccc(-c4cn[nH]c4)cc3)CC2)CCCCC1. The number of likely N-dealkylation sites (tertiary alicyclic amines) is 1. The number of carbonyl (C=O) groups is 1. The summed E-state index contributed by atoms with van der Waals surface area (Å²) in [6, 6.07) is 8.78. The summed E-state index contributed by atoms with van der Waals surface area (Å²) in [7, 11) is 1.71. The van der Waals surface area contributed by atoms with Crippen LogP contribution in [0.25, 0.3) is 11.1 Å². The maximum absolute atomic E-state index is 13.1. The van der Waals surface area contributed by atoms with Crippen LogP contribution in [0, 0.1) is 0 Å². The maximum atomic E-state index is 13.1. The Hall–Kier alpha value is -2.14. The first-order chi connectivity index (χ1) is 13.2. The van der Waals surface area contributed by atoms with Crippen LogP contribution in [0.2, 0.25) is 0 Å². The highest BCUT2D eigenvalue weighted by atomic mass is 16.5. The minimum absolute atomic E-state index is 0.221. The molecule has 0 spiro atoms. The van der Waals surface area contributed by atoms with Crippen molar-refractivity contribution in [2.45, 2.75) is 56.5 Å². The number of H-pyrrole nitrogens is 1. The van der Waals surface area contributed by atoms with Gasteiger partial charge in [-0.3, -0.25) is 9.89 Å². The summed E-state index contributed by atoms with van der Waals surface area (Å²) in [5.74, 6) is 0.746. The number of benzene rings is 1. The van der Waals surface area contributed by atoms with E-state index in [1.807, 2.05) is 17.3 Å². The molecule has 0 bridgehead atoms. The van der Waals surface area contributed by atoms with Crippen molar-refractivity contribution in [3.8, 4) is 11.1 Å². The van der Waals surface area contributed by atoms with Crippen LogP contribution in [-0.4, -0.2) is 46.8 Å². The summed E-state index contributed by atoms with van der Waals surface area (Å²) in [4.78, 5) is 15.2. The second-order valence-corrected chi connectivity index (χ2v) is 7.93. The minimum atomic E-state index is -0.558. The van der Waals surface area contributed by atoms with Gasteiger partial charge in [-0.15, -0.1) is 0 Å². The number of rotatable bonds is 4. The molecule has 1 saturated carbocycles. The number of ether oxygens (including phenoxy) is 1. The molecule has 1 amide bonds. The third-order valence-electron chi connectivity index (χ3n) is 6.44. The van der Waals surface area contributed by atoms with E-state index in [4.69, 9.17) is 4.74 Å². The summed E-state index contributed by atoms with van der Waals surface area (Å²) in [6.07, 6.45) is 11.0. The second kappa shape index (κ2) is 7.85. The number of nitrogens with one attached hydrogen (secondary N) is 1. The molecule has 27 heavy (non-hydrogen) atoms. The molecule has 4 rings (SSSR count). The number of hydrogen-bond acceptors (Lipinski definition) is 3. The Kier molecular flexibility index (Phi) is 5.30. The van der Waals surface area contributed by atoms with Crippen LogP contribution in [0.5, 0.6) is 0 Å². The monoisotopic (exact) mass is 367 g/mol. The van der Waals surface area contributed by atoms with Crippen LogP contribution in [0.4, 0.5) is 0 Å². The van der Waals surface area contributed by atoms with Gasteiger partial charge in [0, 0.05) is 32.0 Å². The molecule has 1 aromatic heterocycles. The van der Waals surface area contributed by atoms with E-state index >= 15 is 0 Å². The van der Waals surface area contributed by atoms with Crippen molar-refractivity contribution in [2.24, 2.45) is 0 Å². The summed E-state index contributed by atoms with van der Waals surface area (Å²) in [5.41, 5.74) is 3.10. The number of aromatic amines is 1. The van der Waals surface area contributed by atoms with Crippen molar-refractivity contribution in [2.75, 3.05) is 20.2 Å². The maximum Gasteiger partial charge on any atom is 0.254 e. The Labute approximate surface area is 161 Å². The average Bonchev–Trinajstić information content (AvgIpc) is 3.29. The van der Waals surface area contributed by atoms with Crippen LogP contribution in [-0.2, 0) is 9.53 Å². The summed E-state index contributed by atoms with van der Waals surface area (Å²) < 4.78 is 5.75. The molecule has 1 aromatic carbocycles. The van der Waals surface area contributed by atoms with Gasteiger partial charge >= 0.3 is 0 Å². The van der Waals surface area contributed by atoms with Crippen molar-refractivity contribution in [1.29, 1.82) is 0 Å². The molecule has 1 saturated heterocycles. The van der Waals surface area contributed by atoms with Crippen molar-refractivity contribution in [1.82, 2.24) is 15.1 Å². The quantitative estimate of drug-likeness (QED) is 0.884. The van der Waals surface area contributed by atoms with Gasteiger partial charge < -0.3 is 9.64 Å². The minimum Gasteiger partial charge on any atom is -0.368 e. The lowest BCUT2D eigenvalue weighted by Crippen LogP contribution is -2.53. The zero-order chi connectivity index (χ0) is 18.7. The van der Waals surface area contributed by atoms with Crippen LogP contribution in [0.3, 0.4) is 0 Å². The van der Waals surface area contributed by atoms with Gasteiger partial charge in [-0.1, -0.05) is 43.5 Å². The van der Waals surface area contributed by atoms with E-state index < -0.39 is 5.60 Å². The normalized spacial score (nSPS) is 20.6. The molecule has 1 aliphatic carbocycles. The van der Waals surface area contributed by atoms with Crippen molar-refractivity contribution in [3.05, 3.63) is 42.2 Å². The zero-order valence-electron chi connectivity index (χ0n) is 16.1. The fraction of sp³-hybridized carbons (Fsp3) is 0.545. The average molecular weight is 367 g/mol. The van der Waals surface area contributed by atoms with Crippen LogP contribution in [0.15, 0.2) is 36.7 Å². The summed E-state index contributed by atoms with van der Waals surface area (Å²) >= 11 is 0. The van der Waals surface area contributed by atoms with Gasteiger partial charge in [0.2, 0.25) is 0 Å². The highest BCUT2D eigenvalue weighted by molar-refractivity contribution is 5.85. The number of carbonyl (C=O) groups excluding carboxylic acids is 1. The molecule has 1 aliphatic heterocycles. The van der Waals surface area contributed by atoms with Gasteiger partial charge in [-0.2, -0.15) is 5.10 Å². The second-order valence-electron chi connectivity index (χ2n) is 7.93. The van der Waals surface area contributed by atoms with Crippen molar-refractivity contribution in [3.63, 3.8) is 0 Å². The molecule has 2 aliphatic rings. The van der Waals surface area contributed by atoms with E-state index in [1.165, 1.54) is 17.5 Å². The molecule has 1 N–H and O–H groups in total. The van der Waals surface area contributed by atoms with Gasteiger partial charge in [0.1, 0.15) is 5.60 Å². The standard InChI is InChI=1S/C22H29N3O2/c1-27-22(11-3-2-4-12-22)21(26)25-13-9-19(10-14-25)17-5-7-18(8-6-17)20-15-23-24-16-20/h5-8,15-16,19H,2-4,9-14H2,1H3,(H,23,24). The molecular weight excluding hydrogens is 338 g/mol. The highest BCUT2D eigenvalue weighted by Crippen LogP contribution is 2.35. The number of amides is 1. The molecule has 2 fully saturated rings. The fourth-order valence-electron chi connectivity index (χ4n) is 4.69. The number of hydrogen-bond donors (Lipinski definition) is 1. The van der Waals surface area contributed by atoms with E-state index in [9.17, 15) is 4.79 Å². The molecule has 5 nitrogen and oxygen atoms in total. The Bertz CT molecular complexity index is 740. The summed E-state index contributed by atoms with van der Waals surface area (Å²) in [5, 5.41) is 6.87. The van der Waals surface area contributed by atoms with E-state index in [0.29, 0.717) is 5.92 Å². The van der Waals surface area contributed by atoms with Crippen LogP contribution >= 0.6 is 0 Å². The number of piperidine rings is 1. The van der Waals surface area contributed by atoms with Gasteiger partial charge in [0.15, 0.2) is 0 Å².